The van der Waals surface area contributed by atoms with Crippen molar-refractivity contribution in [3.63, 3.8) is 0 Å². The molecule has 0 heterocycles. The topological polar surface area (TPSA) is 46.5 Å². The molecule has 0 fully saturated rings. The number of ether oxygens (including phenoxy) is 1. The average molecular weight is 284 g/mol. The highest BCUT2D eigenvalue weighted by atomic mass is 16.5. The van der Waals surface area contributed by atoms with Gasteiger partial charge in [-0.05, 0) is 24.5 Å². The highest BCUT2D eigenvalue weighted by molar-refractivity contribution is 5.86. The summed E-state index contributed by atoms with van der Waals surface area (Å²) in [5, 5.41) is 11.2. The minimum atomic E-state index is -1.77. The maximum atomic E-state index is 12.5. The van der Waals surface area contributed by atoms with Crippen LogP contribution in [0.3, 0.4) is 0 Å². The summed E-state index contributed by atoms with van der Waals surface area (Å²) in [5.74, 6) is -0.642. The molecule has 0 bridgehead atoms. The Hall–Kier alpha value is -2.13. The third kappa shape index (κ3) is 2.83. The van der Waals surface area contributed by atoms with Crippen molar-refractivity contribution in [3.8, 4) is 0 Å². The molecule has 0 aliphatic carbocycles. The van der Waals surface area contributed by atoms with E-state index in [1.54, 1.807) is 37.3 Å². The first-order chi connectivity index (χ1) is 10.1. The fourth-order valence-corrected chi connectivity index (χ4v) is 2.48. The first-order valence-electron chi connectivity index (χ1n) is 7.18. The number of aliphatic hydroxyl groups is 1. The Bertz CT molecular complexity index is 607. The molecule has 0 saturated heterocycles. The van der Waals surface area contributed by atoms with Gasteiger partial charge in [0, 0.05) is 5.56 Å². The Balaban J connectivity index is 2.64. The molecule has 110 valence electrons. The number of carbonyl (C=O) groups excluding carboxylic acids is 1. The Morgan fingerprint density at radius 3 is 2.29 bits per heavy atom. The van der Waals surface area contributed by atoms with Crippen LogP contribution in [0.1, 0.15) is 30.5 Å². The first kappa shape index (κ1) is 15.3. The van der Waals surface area contributed by atoms with Gasteiger partial charge in [-0.1, -0.05) is 61.5 Å². The van der Waals surface area contributed by atoms with Crippen molar-refractivity contribution in [2.45, 2.75) is 25.9 Å². The van der Waals surface area contributed by atoms with Crippen molar-refractivity contribution >= 4 is 5.97 Å². The molecule has 0 saturated carbocycles. The Kier molecular flexibility index (Phi) is 4.76. The van der Waals surface area contributed by atoms with Crippen molar-refractivity contribution in [2.75, 3.05) is 6.61 Å². The minimum absolute atomic E-state index is 0.224. The third-order valence-corrected chi connectivity index (χ3v) is 3.55. The van der Waals surface area contributed by atoms with Crippen molar-refractivity contribution in [1.29, 1.82) is 0 Å². The summed E-state index contributed by atoms with van der Waals surface area (Å²) in [5.41, 5.74) is 0.252. The van der Waals surface area contributed by atoms with Crippen LogP contribution in [0, 0.1) is 0 Å². The zero-order chi connectivity index (χ0) is 15.3. The van der Waals surface area contributed by atoms with E-state index in [2.05, 4.69) is 0 Å². The Morgan fingerprint density at radius 2 is 1.67 bits per heavy atom. The van der Waals surface area contributed by atoms with Gasteiger partial charge in [-0.2, -0.15) is 0 Å². The quantitative estimate of drug-likeness (QED) is 0.858. The van der Waals surface area contributed by atoms with E-state index in [-0.39, 0.29) is 6.61 Å². The lowest BCUT2D eigenvalue weighted by Gasteiger charge is -2.28. The van der Waals surface area contributed by atoms with E-state index < -0.39 is 11.6 Å². The predicted molar refractivity (Wildman–Crippen MR) is 81.9 cm³/mol. The number of esters is 1. The lowest BCUT2D eigenvalue weighted by Crippen LogP contribution is -2.39. The molecule has 2 rings (SSSR count). The SMILES string of the molecule is CCOC(=O)C(O)(c1ccccc1)c1ccccc1CC. The molecule has 21 heavy (non-hydrogen) atoms. The summed E-state index contributed by atoms with van der Waals surface area (Å²) < 4.78 is 5.13. The number of carbonyl (C=O) groups is 1. The van der Waals surface area contributed by atoms with Gasteiger partial charge in [0.2, 0.25) is 5.60 Å². The Morgan fingerprint density at radius 1 is 1.05 bits per heavy atom. The third-order valence-electron chi connectivity index (χ3n) is 3.55. The van der Waals surface area contributed by atoms with Crippen LogP contribution in [0.15, 0.2) is 54.6 Å². The maximum absolute atomic E-state index is 12.5. The molecule has 0 aliphatic rings. The Labute approximate surface area is 125 Å². The highest BCUT2D eigenvalue weighted by Gasteiger charge is 2.42. The summed E-state index contributed by atoms with van der Waals surface area (Å²) >= 11 is 0. The fourth-order valence-electron chi connectivity index (χ4n) is 2.48. The van der Waals surface area contributed by atoms with Crippen LogP contribution in [-0.4, -0.2) is 17.7 Å². The summed E-state index contributed by atoms with van der Waals surface area (Å²) in [7, 11) is 0. The minimum Gasteiger partial charge on any atom is -0.463 e. The molecular weight excluding hydrogens is 264 g/mol. The van der Waals surface area contributed by atoms with E-state index >= 15 is 0 Å². The molecule has 0 amide bonds. The highest BCUT2D eigenvalue weighted by Crippen LogP contribution is 2.33. The predicted octanol–water partition coefficient (Wildman–Crippen LogP) is 3.05. The van der Waals surface area contributed by atoms with Gasteiger partial charge < -0.3 is 9.84 Å². The lowest BCUT2D eigenvalue weighted by molar-refractivity contribution is -0.161. The molecule has 0 aliphatic heterocycles. The molecule has 0 spiro atoms. The van der Waals surface area contributed by atoms with Gasteiger partial charge in [0.15, 0.2) is 0 Å². The van der Waals surface area contributed by atoms with Gasteiger partial charge in [-0.25, -0.2) is 4.79 Å². The van der Waals surface area contributed by atoms with E-state index in [1.165, 1.54) is 0 Å². The zero-order valence-electron chi connectivity index (χ0n) is 12.4. The van der Waals surface area contributed by atoms with Gasteiger partial charge in [-0.3, -0.25) is 0 Å². The second-order valence-electron chi connectivity index (χ2n) is 4.81. The van der Waals surface area contributed by atoms with E-state index in [4.69, 9.17) is 4.74 Å². The van der Waals surface area contributed by atoms with Crippen molar-refractivity contribution in [3.05, 3.63) is 71.3 Å². The molecule has 1 unspecified atom stereocenters. The zero-order valence-corrected chi connectivity index (χ0v) is 12.4. The summed E-state index contributed by atoms with van der Waals surface area (Å²) in [6.07, 6.45) is 0.727. The first-order valence-corrected chi connectivity index (χ1v) is 7.18. The molecule has 2 aromatic carbocycles. The second-order valence-corrected chi connectivity index (χ2v) is 4.81. The second kappa shape index (κ2) is 6.55. The molecule has 1 atom stereocenters. The van der Waals surface area contributed by atoms with Crippen molar-refractivity contribution in [2.24, 2.45) is 0 Å². The van der Waals surface area contributed by atoms with E-state index in [0.29, 0.717) is 11.1 Å². The van der Waals surface area contributed by atoms with E-state index in [9.17, 15) is 9.90 Å². The normalized spacial score (nSPS) is 13.5. The van der Waals surface area contributed by atoms with Gasteiger partial charge >= 0.3 is 5.97 Å². The summed E-state index contributed by atoms with van der Waals surface area (Å²) in [6.45, 7) is 3.95. The van der Waals surface area contributed by atoms with E-state index in [1.807, 2.05) is 31.2 Å². The van der Waals surface area contributed by atoms with Crippen LogP contribution >= 0.6 is 0 Å². The van der Waals surface area contributed by atoms with Gasteiger partial charge in [0.1, 0.15) is 0 Å². The van der Waals surface area contributed by atoms with Crippen LogP contribution in [0.5, 0.6) is 0 Å². The van der Waals surface area contributed by atoms with Gasteiger partial charge in [0.05, 0.1) is 6.61 Å². The number of hydrogen-bond acceptors (Lipinski definition) is 3. The fraction of sp³-hybridized carbons (Fsp3) is 0.278. The average Bonchev–Trinajstić information content (AvgIpc) is 2.55. The maximum Gasteiger partial charge on any atom is 0.347 e. The van der Waals surface area contributed by atoms with Crippen LogP contribution in [0.4, 0.5) is 0 Å². The smallest absolute Gasteiger partial charge is 0.347 e. The largest absolute Gasteiger partial charge is 0.463 e. The molecule has 3 heteroatoms. The van der Waals surface area contributed by atoms with Crippen LogP contribution < -0.4 is 0 Å². The summed E-state index contributed by atoms with van der Waals surface area (Å²) in [6, 6.07) is 16.3. The summed E-state index contributed by atoms with van der Waals surface area (Å²) in [4.78, 5) is 12.5. The lowest BCUT2D eigenvalue weighted by atomic mass is 9.83. The van der Waals surface area contributed by atoms with Crippen LogP contribution in [-0.2, 0) is 21.6 Å². The molecule has 2 aromatic rings. The number of hydrogen-bond donors (Lipinski definition) is 1. The molecule has 0 aromatic heterocycles. The number of rotatable bonds is 5. The van der Waals surface area contributed by atoms with Gasteiger partial charge in [0.25, 0.3) is 0 Å². The molecular formula is C18H20O3. The van der Waals surface area contributed by atoms with Crippen LogP contribution in [0.2, 0.25) is 0 Å². The van der Waals surface area contributed by atoms with Crippen molar-refractivity contribution in [1.82, 2.24) is 0 Å². The molecule has 1 N–H and O–H groups in total. The monoisotopic (exact) mass is 284 g/mol. The van der Waals surface area contributed by atoms with Crippen LogP contribution in [0.25, 0.3) is 0 Å². The number of benzene rings is 2. The standard InChI is InChI=1S/C18H20O3/c1-3-14-10-8-9-13-16(14)18(20,17(19)21-4-2)15-11-6-5-7-12-15/h5-13,20H,3-4H2,1-2H3. The van der Waals surface area contributed by atoms with Gasteiger partial charge in [-0.15, -0.1) is 0 Å². The molecule has 0 radical (unpaired) electrons. The van der Waals surface area contributed by atoms with E-state index in [0.717, 1.165) is 12.0 Å². The molecule has 3 nitrogen and oxygen atoms in total. The number of aryl methyl sites for hydroxylation is 1. The van der Waals surface area contributed by atoms with Crippen molar-refractivity contribution < 1.29 is 14.6 Å².